The fourth-order valence-corrected chi connectivity index (χ4v) is 2.85. The number of amides is 1. The zero-order valence-electron chi connectivity index (χ0n) is 13.2. The van der Waals surface area contributed by atoms with E-state index in [0.717, 1.165) is 22.4 Å². The molecule has 1 aliphatic heterocycles. The van der Waals surface area contributed by atoms with Crippen molar-refractivity contribution in [2.45, 2.75) is 20.3 Å². The molecule has 0 saturated heterocycles. The molecule has 3 rings (SSSR count). The molecule has 2 heterocycles. The first kappa shape index (κ1) is 15.0. The van der Waals surface area contributed by atoms with Crippen LogP contribution in [0.5, 0.6) is 0 Å². The highest BCUT2D eigenvalue weighted by atomic mass is 16.4. The number of nitrogens with one attached hydrogen (secondary N) is 1. The number of carboxylic acid groups (broad SMARTS) is 1. The Hall–Kier alpha value is -2.90. The number of anilines is 2. The van der Waals surface area contributed by atoms with Crippen LogP contribution in [0.3, 0.4) is 0 Å². The Morgan fingerprint density at radius 1 is 1.35 bits per heavy atom. The summed E-state index contributed by atoms with van der Waals surface area (Å²) in [4.78, 5) is 14.4. The molecule has 1 aliphatic rings. The molecule has 23 heavy (non-hydrogen) atoms. The van der Waals surface area contributed by atoms with Crippen LogP contribution in [-0.2, 0) is 7.05 Å². The number of nitrogens with zero attached hydrogens (tertiary/aromatic N) is 5. The molecule has 0 radical (unpaired) electrons. The molecule has 1 amide bonds. The first-order valence-electron chi connectivity index (χ1n) is 7.29. The lowest BCUT2D eigenvalue weighted by Gasteiger charge is -2.23. The average Bonchev–Trinajstić information content (AvgIpc) is 2.78. The highest BCUT2D eigenvalue weighted by molar-refractivity contribution is 5.95. The lowest BCUT2D eigenvalue weighted by atomic mass is 10.0. The van der Waals surface area contributed by atoms with Gasteiger partial charge in [0, 0.05) is 17.8 Å². The molecule has 0 saturated carbocycles. The van der Waals surface area contributed by atoms with E-state index in [2.05, 4.69) is 20.7 Å². The molecule has 0 spiro atoms. The van der Waals surface area contributed by atoms with E-state index in [-0.39, 0.29) is 0 Å². The third kappa shape index (κ3) is 2.87. The van der Waals surface area contributed by atoms with Crippen LogP contribution in [0.25, 0.3) is 5.70 Å². The van der Waals surface area contributed by atoms with Crippen molar-refractivity contribution < 1.29 is 9.90 Å². The van der Waals surface area contributed by atoms with Gasteiger partial charge in [-0.25, -0.2) is 4.79 Å². The number of hydrogen-bond donors (Lipinski definition) is 2. The van der Waals surface area contributed by atoms with E-state index < -0.39 is 6.09 Å². The van der Waals surface area contributed by atoms with Crippen molar-refractivity contribution in [3.05, 3.63) is 34.9 Å². The number of tetrazole rings is 1. The molecule has 2 aromatic rings. The molecule has 0 atom stereocenters. The number of fused-ring (bicyclic) bond motifs is 1. The Morgan fingerprint density at radius 2 is 2.13 bits per heavy atom. The predicted octanol–water partition coefficient (Wildman–Crippen LogP) is 2.17. The van der Waals surface area contributed by atoms with E-state index in [0.29, 0.717) is 24.6 Å². The van der Waals surface area contributed by atoms with Crippen LogP contribution in [0.15, 0.2) is 18.2 Å². The van der Waals surface area contributed by atoms with Gasteiger partial charge in [0.25, 0.3) is 5.95 Å². The largest absolute Gasteiger partial charge is 0.465 e. The van der Waals surface area contributed by atoms with Crippen molar-refractivity contribution in [2.75, 3.05) is 16.8 Å². The van der Waals surface area contributed by atoms with Gasteiger partial charge in [-0.3, -0.25) is 4.90 Å². The van der Waals surface area contributed by atoms with Crippen LogP contribution >= 0.6 is 0 Å². The second kappa shape index (κ2) is 5.71. The lowest BCUT2D eigenvalue weighted by Crippen LogP contribution is -2.30. The smallest absolute Gasteiger partial charge is 0.411 e. The summed E-state index contributed by atoms with van der Waals surface area (Å²) in [6.07, 6.45) is 1.62. The lowest BCUT2D eigenvalue weighted by molar-refractivity contribution is 0.202. The molecule has 0 bridgehead atoms. The van der Waals surface area contributed by atoms with Gasteiger partial charge in [-0.15, -0.1) is 5.10 Å². The SMILES string of the molecule is Cc1cc(C)c2c(c1)C(Nc1nnn(C)n1)=CCCN2C(=O)O. The van der Waals surface area contributed by atoms with Gasteiger partial charge in [-0.1, -0.05) is 22.8 Å². The van der Waals surface area contributed by atoms with Gasteiger partial charge < -0.3 is 10.4 Å². The monoisotopic (exact) mass is 314 g/mol. The fraction of sp³-hybridized carbons (Fsp3) is 0.333. The zero-order valence-corrected chi connectivity index (χ0v) is 13.2. The maximum Gasteiger partial charge on any atom is 0.411 e. The van der Waals surface area contributed by atoms with E-state index in [4.69, 9.17) is 0 Å². The van der Waals surface area contributed by atoms with Gasteiger partial charge in [0.2, 0.25) is 0 Å². The Bertz CT molecular complexity index is 795. The number of benzene rings is 1. The Labute approximate surface area is 133 Å². The molecular formula is C15H18N6O2. The van der Waals surface area contributed by atoms with Gasteiger partial charge in [-0.05, 0) is 37.1 Å². The average molecular weight is 314 g/mol. The molecule has 0 unspecified atom stereocenters. The third-order valence-corrected chi connectivity index (χ3v) is 3.69. The van der Waals surface area contributed by atoms with Gasteiger partial charge in [0.15, 0.2) is 0 Å². The molecule has 120 valence electrons. The summed E-state index contributed by atoms with van der Waals surface area (Å²) in [6.45, 7) is 4.32. The van der Waals surface area contributed by atoms with Gasteiger partial charge in [0.1, 0.15) is 0 Å². The van der Waals surface area contributed by atoms with Crippen LogP contribution in [0.2, 0.25) is 0 Å². The third-order valence-electron chi connectivity index (χ3n) is 3.69. The molecule has 0 fully saturated rings. The summed E-state index contributed by atoms with van der Waals surface area (Å²) in [7, 11) is 1.69. The minimum Gasteiger partial charge on any atom is -0.465 e. The second-order valence-electron chi connectivity index (χ2n) is 5.55. The van der Waals surface area contributed by atoms with Gasteiger partial charge in [-0.2, -0.15) is 4.80 Å². The quantitative estimate of drug-likeness (QED) is 0.882. The summed E-state index contributed by atoms with van der Waals surface area (Å²) in [6, 6.07) is 3.96. The van der Waals surface area contributed by atoms with Crippen LogP contribution < -0.4 is 10.2 Å². The number of aryl methyl sites for hydroxylation is 3. The molecule has 8 heteroatoms. The minimum absolute atomic E-state index is 0.382. The summed E-state index contributed by atoms with van der Waals surface area (Å²) in [5.74, 6) is 0.382. The highest BCUT2D eigenvalue weighted by Gasteiger charge is 2.24. The van der Waals surface area contributed by atoms with Crippen molar-refractivity contribution in [1.82, 2.24) is 20.2 Å². The highest BCUT2D eigenvalue weighted by Crippen LogP contribution is 2.34. The predicted molar refractivity (Wildman–Crippen MR) is 86.3 cm³/mol. The van der Waals surface area contributed by atoms with E-state index in [1.165, 1.54) is 9.70 Å². The molecule has 1 aromatic heterocycles. The molecular weight excluding hydrogens is 296 g/mol. The number of carbonyl (C=O) groups is 1. The topological polar surface area (TPSA) is 96.2 Å². The summed E-state index contributed by atoms with van der Waals surface area (Å²) < 4.78 is 0. The van der Waals surface area contributed by atoms with Crippen LogP contribution in [0, 0.1) is 13.8 Å². The maximum absolute atomic E-state index is 11.6. The van der Waals surface area contributed by atoms with Crippen LogP contribution in [0.4, 0.5) is 16.4 Å². The Morgan fingerprint density at radius 3 is 2.78 bits per heavy atom. The van der Waals surface area contributed by atoms with Crippen molar-refractivity contribution >= 4 is 23.4 Å². The van der Waals surface area contributed by atoms with Crippen LogP contribution in [0.1, 0.15) is 23.1 Å². The first-order chi connectivity index (χ1) is 11.0. The molecule has 8 nitrogen and oxygen atoms in total. The van der Waals surface area contributed by atoms with E-state index in [1.54, 1.807) is 7.05 Å². The standard InChI is InChI=1S/C15H18N6O2/c1-9-7-10(2)13-11(8-9)12(5-4-6-21(13)15(22)23)16-14-17-19-20(3)18-14/h5,7-8H,4,6H2,1-3H3,(H,16,18)(H,22,23). The van der Waals surface area contributed by atoms with E-state index in [1.807, 2.05) is 32.1 Å². The Kier molecular flexibility index (Phi) is 3.73. The second-order valence-corrected chi connectivity index (χ2v) is 5.55. The van der Waals surface area contributed by atoms with Gasteiger partial charge >= 0.3 is 6.09 Å². The number of hydrogen-bond acceptors (Lipinski definition) is 5. The number of rotatable bonds is 2. The molecule has 0 aliphatic carbocycles. The maximum atomic E-state index is 11.6. The summed E-state index contributed by atoms with van der Waals surface area (Å²) in [5.41, 5.74) is 4.30. The molecule has 2 N–H and O–H groups in total. The summed E-state index contributed by atoms with van der Waals surface area (Å²) in [5, 5.41) is 24.5. The minimum atomic E-state index is -0.953. The normalized spacial score (nSPS) is 14.0. The summed E-state index contributed by atoms with van der Waals surface area (Å²) >= 11 is 0. The van der Waals surface area contributed by atoms with E-state index in [9.17, 15) is 9.90 Å². The van der Waals surface area contributed by atoms with Crippen molar-refractivity contribution in [3.63, 3.8) is 0 Å². The Balaban J connectivity index is 2.09. The fourth-order valence-electron chi connectivity index (χ4n) is 2.85. The van der Waals surface area contributed by atoms with E-state index >= 15 is 0 Å². The van der Waals surface area contributed by atoms with Crippen LogP contribution in [-0.4, -0.2) is 38.0 Å². The van der Waals surface area contributed by atoms with Crippen molar-refractivity contribution in [2.24, 2.45) is 7.05 Å². The first-order valence-corrected chi connectivity index (χ1v) is 7.29. The zero-order chi connectivity index (χ0) is 16.6. The van der Waals surface area contributed by atoms with Crippen molar-refractivity contribution in [1.29, 1.82) is 0 Å². The van der Waals surface area contributed by atoms with Gasteiger partial charge in [0.05, 0.1) is 12.7 Å². The van der Waals surface area contributed by atoms with Crippen molar-refractivity contribution in [3.8, 4) is 0 Å². The molecule has 1 aromatic carbocycles. The number of aromatic nitrogens is 4.